The summed E-state index contributed by atoms with van der Waals surface area (Å²) in [6.07, 6.45) is 1.91. The Morgan fingerprint density at radius 3 is 1.76 bits per heavy atom. The van der Waals surface area contributed by atoms with E-state index in [0.29, 0.717) is 0 Å². The van der Waals surface area contributed by atoms with E-state index in [1.807, 2.05) is 0 Å². The molecule has 0 aromatic heterocycles. The van der Waals surface area contributed by atoms with E-state index in [1.54, 1.807) is 0 Å². The van der Waals surface area contributed by atoms with Crippen molar-refractivity contribution in [2.45, 2.75) is 43.8 Å². The number of carbonyl (C=O) groups is 4. The summed E-state index contributed by atoms with van der Waals surface area (Å²) in [4.78, 5) is 39.9. The number of amides is 1. The van der Waals surface area contributed by atoms with Crippen LogP contribution in [0.3, 0.4) is 0 Å². The quantitative estimate of drug-likeness (QED) is 0.224. The molecule has 0 bridgehead atoms. The summed E-state index contributed by atoms with van der Waals surface area (Å²) in [5.74, 6) is -3.54. The lowest BCUT2D eigenvalue weighted by atomic mass is 10.2. The zero-order valence-corrected chi connectivity index (χ0v) is 13.6. The first-order valence-corrected chi connectivity index (χ1v) is 7.35. The molecular formula is C13H26N4O8. The predicted octanol–water partition coefficient (Wildman–Crippen LogP) is -3.12. The molecule has 0 saturated carbocycles. The third-order valence-electron chi connectivity index (χ3n) is 2.89. The Hall–Kier alpha value is -2.28. The zero-order chi connectivity index (χ0) is 20.0. The molecule has 11 N–H and O–H groups in total. The summed E-state index contributed by atoms with van der Waals surface area (Å²) in [6, 6.07) is -2.37. The molecule has 12 heteroatoms. The van der Waals surface area contributed by atoms with Crippen LogP contribution in [-0.4, -0.2) is 75.5 Å². The van der Waals surface area contributed by atoms with Crippen molar-refractivity contribution in [2.24, 2.45) is 17.2 Å². The van der Waals surface area contributed by atoms with Crippen LogP contribution in [0, 0.1) is 0 Å². The Kier molecular flexibility index (Phi) is 14.1. The summed E-state index contributed by atoms with van der Waals surface area (Å²) < 4.78 is 0. The van der Waals surface area contributed by atoms with Gasteiger partial charge in [-0.15, -0.1) is 0 Å². The van der Waals surface area contributed by atoms with Crippen LogP contribution < -0.4 is 22.5 Å². The van der Waals surface area contributed by atoms with Gasteiger partial charge in [-0.1, -0.05) is 0 Å². The van der Waals surface area contributed by atoms with Gasteiger partial charge >= 0.3 is 17.9 Å². The third kappa shape index (κ3) is 15.0. The fourth-order valence-corrected chi connectivity index (χ4v) is 1.39. The van der Waals surface area contributed by atoms with Crippen LogP contribution in [0.4, 0.5) is 0 Å². The normalized spacial score (nSPS) is 17.8. The highest BCUT2D eigenvalue weighted by Crippen LogP contribution is 2.03. The number of nitrogens with two attached hydrogens (primary N) is 3. The maximum Gasteiger partial charge on any atom is 0.322 e. The monoisotopic (exact) mass is 366 g/mol. The van der Waals surface area contributed by atoms with Gasteiger partial charge in [0.05, 0.1) is 6.61 Å². The van der Waals surface area contributed by atoms with Crippen LogP contribution in [0.15, 0.2) is 0 Å². The summed E-state index contributed by atoms with van der Waals surface area (Å²) in [7, 11) is 0. The molecule has 0 unspecified atom stereocenters. The number of rotatable bonds is 7. The van der Waals surface area contributed by atoms with Crippen molar-refractivity contribution in [2.75, 3.05) is 13.2 Å². The highest BCUT2D eigenvalue weighted by atomic mass is 16.4. The minimum atomic E-state index is -1.18. The summed E-state index contributed by atoms with van der Waals surface area (Å²) in [5, 5.41) is 35.3. The number of nitrogens with one attached hydrogen (secondary N) is 1. The van der Waals surface area contributed by atoms with Gasteiger partial charge in [-0.2, -0.15) is 0 Å². The number of hydrogen-bond donors (Lipinski definition) is 8. The molecule has 12 nitrogen and oxygen atoms in total. The first kappa shape index (κ1) is 25.0. The number of carboxylic acids is 3. The first-order valence-electron chi connectivity index (χ1n) is 7.35. The molecule has 1 heterocycles. The minimum Gasteiger partial charge on any atom is -0.480 e. The van der Waals surface area contributed by atoms with Gasteiger partial charge in [-0.25, -0.2) is 0 Å². The molecule has 146 valence electrons. The van der Waals surface area contributed by atoms with Gasteiger partial charge in [0.1, 0.15) is 18.1 Å². The second kappa shape index (κ2) is 14.1. The second-order valence-corrected chi connectivity index (χ2v) is 5.06. The maximum absolute atomic E-state index is 10.1. The highest BCUT2D eigenvalue weighted by Gasteiger charge is 2.20. The number of carbonyl (C=O) groups excluding carboxylic acids is 1. The van der Waals surface area contributed by atoms with Crippen molar-refractivity contribution in [3.05, 3.63) is 0 Å². The molecule has 0 aromatic rings. The second-order valence-electron chi connectivity index (χ2n) is 5.06. The molecule has 1 fully saturated rings. The zero-order valence-electron chi connectivity index (χ0n) is 13.6. The Labute approximate surface area is 144 Å². The first-order chi connectivity index (χ1) is 11.5. The van der Waals surface area contributed by atoms with E-state index in [2.05, 4.69) is 5.32 Å². The van der Waals surface area contributed by atoms with Gasteiger partial charge in [0.2, 0.25) is 5.91 Å². The van der Waals surface area contributed by atoms with Crippen LogP contribution in [0.1, 0.15) is 25.7 Å². The van der Waals surface area contributed by atoms with Gasteiger partial charge in [-0.3, -0.25) is 19.2 Å². The SMILES string of the molecule is NC(=O)CC[C@H](N)C(=O)O.N[C@@H](CO)C(=O)O.O=C(O)[C@@H]1CCCN1. The van der Waals surface area contributed by atoms with E-state index < -0.39 is 42.5 Å². The van der Waals surface area contributed by atoms with Crippen LogP contribution in [0.25, 0.3) is 0 Å². The molecule has 25 heavy (non-hydrogen) atoms. The molecule has 1 rings (SSSR count). The van der Waals surface area contributed by atoms with Crippen LogP contribution in [0.5, 0.6) is 0 Å². The van der Waals surface area contributed by atoms with Gasteiger partial charge in [0.25, 0.3) is 0 Å². The van der Waals surface area contributed by atoms with Crippen molar-refractivity contribution in [3.63, 3.8) is 0 Å². The molecule has 1 aliphatic rings. The average Bonchev–Trinajstić information content (AvgIpc) is 3.07. The van der Waals surface area contributed by atoms with Crippen molar-refractivity contribution in [1.29, 1.82) is 0 Å². The molecule has 1 amide bonds. The van der Waals surface area contributed by atoms with Crippen molar-refractivity contribution in [3.8, 4) is 0 Å². The van der Waals surface area contributed by atoms with Gasteiger partial charge in [0, 0.05) is 6.42 Å². The molecule has 0 aromatic carbocycles. The van der Waals surface area contributed by atoms with E-state index >= 15 is 0 Å². The Morgan fingerprint density at radius 2 is 1.56 bits per heavy atom. The Balaban J connectivity index is 0. The number of aliphatic hydroxyl groups excluding tert-OH is 1. The van der Waals surface area contributed by atoms with Crippen LogP contribution >= 0.6 is 0 Å². The third-order valence-corrected chi connectivity index (χ3v) is 2.89. The molecular weight excluding hydrogens is 340 g/mol. The van der Waals surface area contributed by atoms with E-state index in [-0.39, 0.29) is 18.9 Å². The fourth-order valence-electron chi connectivity index (χ4n) is 1.39. The van der Waals surface area contributed by atoms with E-state index in [1.165, 1.54) is 0 Å². The van der Waals surface area contributed by atoms with Gasteiger partial charge in [-0.05, 0) is 25.8 Å². The molecule has 1 saturated heterocycles. The van der Waals surface area contributed by atoms with Gasteiger partial charge in [0.15, 0.2) is 0 Å². The largest absolute Gasteiger partial charge is 0.480 e. The fraction of sp³-hybridized carbons (Fsp3) is 0.692. The molecule has 0 aliphatic carbocycles. The summed E-state index contributed by atoms with van der Waals surface area (Å²) in [6.45, 7) is 0.353. The molecule has 0 radical (unpaired) electrons. The lowest BCUT2D eigenvalue weighted by molar-refractivity contribution is -0.140. The van der Waals surface area contributed by atoms with Crippen molar-refractivity contribution in [1.82, 2.24) is 5.32 Å². The minimum absolute atomic E-state index is 0.0213. The summed E-state index contributed by atoms with van der Waals surface area (Å²) >= 11 is 0. The number of carboxylic acid groups (broad SMARTS) is 3. The van der Waals surface area contributed by atoms with Crippen molar-refractivity contribution >= 4 is 23.8 Å². The number of aliphatic hydroxyl groups is 1. The van der Waals surface area contributed by atoms with E-state index in [9.17, 15) is 19.2 Å². The number of primary amides is 1. The standard InChI is InChI=1S/C5H10N2O3.C5H9NO2.C3H7NO3/c6-3(5(9)10)1-2-4(7)8;7-5(8)4-2-1-3-6-4;4-2(1-5)3(6)7/h3H,1-2,6H2,(H2,7,8)(H,9,10);4,6H,1-3H2,(H,7,8);2,5H,1,4H2,(H,6,7)/t3-;4-;2-/m000/s1. The topological polar surface area (TPSA) is 239 Å². The predicted molar refractivity (Wildman–Crippen MR) is 85.4 cm³/mol. The van der Waals surface area contributed by atoms with Crippen LogP contribution in [-0.2, 0) is 19.2 Å². The van der Waals surface area contributed by atoms with Crippen LogP contribution in [0.2, 0.25) is 0 Å². The molecule has 3 atom stereocenters. The Bertz CT molecular complexity index is 440. The highest BCUT2D eigenvalue weighted by molar-refractivity contribution is 5.77. The van der Waals surface area contributed by atoms with E-state index in [0.717, 1.165) is 19.4 Å². The lowest BCUT2D eigenvalue weighted by Crippen LogP contribution is -2.33. The average molecular weight is 366 g/mol. The lowest BCUT2D eigenvalue weighted by Gasteiger charge is -2.01. The molecule has 0 spiro atoms. The van der Waals surface area contributed by atoms with Gasteiger partial charge < -0.3 is 42.9 Å². The maximum atomic E-state index is 10.1. The molecule has 1 aliphatic heterocycles. The van der Waals surface area contributed by atoms with Crippen molar-refractivity contribution < 1.29 is 39.6 Å². The number of aliphatic carboxylic acids is 3. The Morgan fingerprint density at radius 1 is 1.04 bits per heavy atom. The summed E-state index contributed by atoms with van der Waals surface area (Å²) in [5.41, 5.74) is 14.6. The smallest absolute Gasteiger partial charge is 0.322 e. The van der Waals surface area contributed by atoms with E-state index in [4.69, 9.17) is 37.6 Å². The number of hydrogen-bond acceptors (Lipinski definition) is 8.